The van der Waals surface area contributed by atoms with Gasteiger partial charge in [-0.15, -0.1) is 0 Å². The van der Waals surface area contributed by atoms with Crippen LogP contribution in [-0.4, -0.2) is 50.9 Å². The first-order valence-corrected chi connectivity index (χ1v) is 15.8. The highest BCUT2D eigenvalue weighted by Gasteiger charge is 2.35. The van der Waals surface area contributed by atoms with Gasteiger partial charge in [0.15, 0.2) is 0 Å². The molecule has 0 aliphatic carbocycles. The summed E-state index contributed by atoms with van der Waals surface area (Å²) < 4.78 is 34.6. The van der Waals surface area contributed by atoms with Gasteiger partial charge in [0.2, 0.25) is 11.8 Å². The molecule has 42 heavy (non-hydrogen) atoms. The van der Waals surface area contributed by atoms with Crippen molar-refractivity contribution in [3.8, 4) is 5.75 Å². The minimum absolute atomic E-state index is 0.0341. The number of halogens is 3. The molecule has 0 aromatic heterocycles. The maximum Gasteiger partial charge on any atom is 0.264 e. The molecule has 0 radical (unpaired) electrons. The number of sulfonamides is 1. The highest BCUT2D eigenvalue weighted by atomic mass is 35.5. The summed E-state index contributed by atoms with van der Waals surface area (Å²) >= 11 is 19.2. The second-order valence-electron chi connectivity index (χ2n) is 9.95. The second-order valence-corrected chi connectivity index (χ2v) is 13.1. The van der Waals surface area contributed by atoms with Gasteiger partial charge in [0.25, 0.3) is 10.0 Å². The Labute approximate surface area is 262 Å². The standard InChI is InChI=1S/C30H34Cl3N3O5S/c1-6-26(30(38)34-19(2)3)35(17-23-24(32)8-7-9-25(23)33)29(37)18-36(27-16-21(31)12-15-28(27)41-5)42(39,40)22-13-10-20(4)11-14-22/h7-16,19,26H,6,17-18H2,1-5H3,(H,34,38). The number of hydrogen-bond acceptors (Lipinski definition) is 5. The Morgan fingerprint density at radius 3 is 2.14 bits per heavy atom. The number of aryl methyl sites for hydroxylation is 1. The van der Waals surface area contributed by atoms with Crippen molar-refractivity contribution in [2.45, 2.75) is 57.6 Å². The summed E-state index contributed by atoms with van der Waals surface area (Å²) in [5.74, 6) is -0.861. The molecule has 0 saturated carbocycles. The molecule has 1 unspecified atom stereocenters. The molecule has 0 aliphatic rings. The predicted octanol–water partition coefficient (Wildman–Crippen LogP) is 6.49. The van der Waals surface area contributed by atoms with E-state index in [1.165, 1.54) is 36.3 Å². The van der Waals surface area contributed by atoms with Crippen molar-refractivity contribution < 1.29 is 22.7 Å². The Balaban J connectivity index is 2.17. The van der Waals surface area contributed by atoms with Crippen molar-refractivity contribution in [2.75, 3.05) is 18.0 Å². The fourth-order valence-corrected chi connectivity index (χ4v) is 6.46. The number of methoxy groups -OCH3 is 1. The largest absolute Gasteiger partial charge is 0.495 e. The topological polar surface area (TPSA) is 96.0 Å². The third-order valence-electron chi connectivity index (χ3n) is 6.50. The highest BCUT2D eigenvalue weighted by Crippen LogP contribution is 2.35. The monoisotopic (exact) mass is 653 g/mol. The smallest absolute Gasteiger partial charge is 0.264 e. The Hall–Kier alpha value is -2.98. The van der Waals surface area contributed by atoms with Crippen LogP contribution >= 0.6 is 34.8 Å². The summed E-state index contributed by atoms with van der Waals surface area (Å²) in [5.41, 5.74) is 1.36. The molecule has 0 heterocycles. The van der Waals surface area contributed by atoms with Gasteiger partial charge in [0.05, 0.1) is 17.7 Å². The molecule has 1 N–H and O–H groups in total. The van der Waals surface area contributed by atoms with Crippen molar-refractivity contribution >= 4 is 62.3 Å². The van der Waals surface area contributed by atoms with Crippen molar-refractivity contribution in [1.82, 2.24) is 10.2 Å². The molecule has 0 bridgehead atoms. The minimum atomic E-state index is -4.32. The Kier molecular flexibility index (Phi) is 11.5. The molecule has 3 aromatic carbocycles. The number of anilines is 1. The average Bonchev–Trinajstić information content (AvgIpc) is 2.92. The van der Waals surface area contributed by atoms with Gasteiger partial charge < -0.3 is 15.0 Å². The van der Waals surface area contributed by atoms with E-state index in [4.69, 9.17) is 39.5 Å². The van der Waals surface area contributed by atoms with Crippen LogP contribution in [-0.2, 0) is 26.2 Å². The zero-order valence-electron chi connectivity index (χ0n) is 24.0. The number of ether oxygens (including phenoxy) is 1. The maximum atomic E-state index is 14.2. The number of benzene rings is 3. The first-order chi connectivity index (χ1) is 19.8. The van der Waals surface area contributed by atoms with Crippen molar-refractivity contribution in [3.05, 3.63) is 86.9 Å². The molecule has 226 valence electrons. The number of amides is 2. The molecule has 1 atom stereocenters. The molecule has 0 saturated heterocycles. The lowest BCUT2D eigenvalue weighted by atomic mass is 10.1. The van der Waals surface area contributed by atoms with Crippen LogP contribution in [0.2, 0.25) is 15.1 Å². The van der Waals surface area contributed by atoms with Crippen LogP contribution in [0.4, 0.5) is 5.69 Å². The van der Waals surface area contributed by atoms with Crippen LogP contribution in [0, 0.1) is 6.92 Å². The third-order valence-corrected chi connectivity index (χ3v) is 9.22. The van der Waals surface area contributed by atoms with Gasteiger partial charge in [-0.05, 0) is 69.7 Å². The lowest BCUT2D eigenvalue weighted by molar-refractivity contribution is -0.140. The van der Waals surface area contributed by atoms with E-state index in [2.05, 4.69) is 5.32 Å². The molecule has 2 amide bonds. The zero-order chi connectivity index (χ0) is 31.2. The lowest BCUT2D eigenvalue weighted by Crippen LogP contribution is -2.53. The Bertz CT molecular complexity index is 1510. The van der Waals surface area contributed by atoms with E-state index in [-0.39, 0.29) is 40.4 Å². The Morgan fingerprint density at radius 1 is 0.976 bits per heavy atom. The summed E-state index contributed by atoms with van der Waals surface area (Å²) in [4.78, 5) is 28.8. The average molecular weight is 655 g/mol. The van der Waals surface area contributed by atoms with Crippen LogP contribution in [0.15, 0.2) is 65.6 Å². The van der Waals surface area contributed by atoms with Crippen LogP contribution < -0.4 is 14.4 Å². The second kappa shape index (κ2) is 14.5. The van der Waals surface area contributed by atoms with Gasteiger partial charge in [-0.3, -0.25) is 13.9 Å². The SMILES string of the molecule is CCC(C(=O)NC(C)C)N(Cc1c(Cl)cccc1Cl)C(=O)CN(c1cc(Cl)ccc1OC)S(=O)(=O)c1ccc(C)cc1. The van der Waals surface area contributed by atoms with E-state index in [0.717, 1.165) is 9.87 Å². The van der Waals surface area contributed by atoms with Gasteiger partial charge in [0, 0.05) is 33.2 Å². The minimum Gasteiger partial charge on any atom is -0.495 e. The first-order valence-electron chi connectivity index (χ1n) is 13.3. The number of rotatable bonds is 12. The van der Waals surface area contributed by atoms with Crippen LogP contribution in [0.3, 0.4) is 0 Å². The summed E-state index contributed by atoms with van der Waals surface area (Å²) in [7, 11) is -2.93. The van der Waals surface area contributed by atoms with Gasteiger partial charge in [-0.25, -0.2) is 8.42 Å². The zero-order valence-corrected chi connectivity index (χ0v) is 27.1. The number of nitrogens with one attached hydrogen (secondary N) is 1. The van der Waals surface area contributed by atoms with Gasteiger partial charge in [-0.2, -0.15) is 0 Å². The highest BCUT2D eigenvalue weighted by molar-refractivity contribution is 7.92. The number of carbonyl (C=O) groups is 2. The van der Waals surface area contributed by atoms with Crippen molar-refractivity contribution in [2.24, 2.45) is 0 Å². The summed E-state index contributed by atoms with van der Waals surface area (Å²) in [6, 6.07) is 14.5. The van der Waals surface area contributed by atoms with E-state index in [9.17, 15) is 18.0 Å². The molecule has 12 heteroatoms. The van der Waals surface area contributed by atoms with E-state index in [0.29, 0.717) is 15.6 Å². The van der Waals surface area contributed by atoms with E-state index in [1.807, 2.05) is 20.8 Å². The molecule has 0 aliphatic heterocycles. The van der Waals surface area contributed by atoms with E-state index in [1.54, 1.807) is 43.3 Å². The number of nitrogens with zero attached hydrogens (tertiary/aromatic N) is 2. The molecule has 0 spiro atoms. The molecule has 0 fully saturated rings. The fraction of sp³-hybridized carbons (Fsp3) is 0.333. The van der Waals surface area contributed by atoms with Crippen molar-refractivity contribution in [3.63, 3.8) is 0 Å². The maximum absolute atomic E-state index is 14.2. The third kappa shape index (κ3) is 7.89. The van der Waals surface area contributed by atoms with Gasteiger partial charge in [-0.1, -0.05) is 65.5 Å². The van der Waals surface area contributed by atoms with Crippen LogP contribution in [0.5, 0.6) is 5.75 Å². The van der Waals surface area contributed by atoms with E-state index >= 15 is 0 Å². The van der Waals surface area contributed by atoms with Crippen LogP contribution in [0.1, 0.15) is 38.3 Å². The predicted molar refractivity (Wildman–Crippen MR) is 168 cm³/mol. The summed E-state index contributed by atoms with van der Waals surface area (Å²) in [5, 5.41) is 3.70. The number of carbonyl (C=O) groups excluding carboxylic acids is 2. The normalized spacial score (nSPS) is 12.1. The first kappa shape index (κ1) is 33.5. The van der Waals surface area contributed by atoms with Crippen molar-refractivity contribution in [1.29, 1.82) is 0 Å². The van der Waals surface area contributed by atoms with Gasteiger partial charge >= 0.3 is 0 Å². The summed E-state index contributed by atoms with van der Waals surface area (Å²) in [6.45, 7) is 6.42. The summed E-state index contributed by atoms with van der Waals surface area (Å²) in [6.07, 6.45) is 0.248. The molecule has 3 aromatic rings. The fourth-order valence-electron chi connectivity index (χ4n) is 4.36. The van der Waals surface area contributed by atoms with Crippen LogP contribution in [0.25, 0.3) is 0 Å². The van der Waals surface area contributed by atoms with E-state index < -0.39 is 34.4 Å². The quantitative estimate of drug-likeness (QED) is 0.241. The number of hydrogen-bond donors (Lipinski definition) is 1. The van der Waals surface area contributed by atoms with Gasteiger partial charge in [0.1, 0.15) is 18.3 Å². The Morgan fingerprint density at radius 2 is 1.60 bits per heavy atom. The molecular formula is C30H34Cl3N3O5S. The molecule has 3 rings (SSSR count). The molecular weight excluding hydrogens is 621 g/mol. The molecule has 8 nitrogen and oxygen atoms in total. The lowest BCUT2D eigenvalue weighted by Gasteiger charge is -2.34.